The summed E-state index contributed by atoms with van der Waals surface area (Å²) in [6.07, 6.45) is 0.666. The Hall–Kier alpha value is -2.31. The highest BCUT2D eigenvalue weighted by Crippen LogP contribution is 2.49. The second-order valence-corrected chi connectivity index (χ2v) is 7.61. The van der Waals surface area contributed by atoms with Crippen molar-refractivity contribution in [2.75, 3.05) is 6.54 Å². The highest BCUT2D eigenvalue weighted by atomic mass is 35.5. The van der Waals surface area contributed by atoms with E-state index in [1.54, 1.807) is 11.0 Å². The minimum atomic E-state index is -0.769. The van der Waals surface area contributed by atoms with Crippen LogP contribution in [0.15, 0.2) is 36.4 Å². The first-order valence-corrected chi connectivity index (χ1v) is 9.21. The molecule has 8 heteroatoms. The third-order valence-corrected chi connectivity index (χ3v) is 5.91. The van der Waals surface area contributed by atoms with E-state index in [-0.39, 0.29) is 23.5 Å². The van der Waals surface area contributed by atoms with Gasteiger partial charge in [-0.2, -0.15) is 0 Å². The summed E-state index contributed by atoms with van der Waals surface area (Å²) in [6.45, 7) is 0.139. The zero-order chi connectivity index (χ0) is 19.3. The Morgan fingerprint density at radius 2 is 2.04 bits per heavy atom. The van der Waals surface area contributed by atoms with E-state index in [4.69, 9.17) is 28.9 Å². The van der Waals surface area contributed by atoms with E-state index in [0.29, 0.717) is 17.0 Å². The number of hydrogen-bond acceptors (Lipinski definition) is 2. The normalized spacial score (nSPS) is 22.0. The van der Waals surface area contributed by atoms with Crippen LogP contribution in [0.1, 0.15) is 28.7 Å². The third-order valence-electron chi connectivity index (χ3n) is 5.26. The molecule has 4 rings (SSSR count). The van der Waals surface area contributed by atoms with Gasteiger partial charge in [0.25, 0.3) is 0 Å². The summed E-state index contributed by atoms with van der Waals surface area (Å²) < 4.78 is 13.7. The molecule has 2 aliphatic rings. The maximum Gasteiger partial charge on any atom is 0.318 e. The van der Waals surface area contributed by atoms with E-state index in [1.807, 2.05) is 18.2 Å². The molecule has 3 N–H and O–H groups in total. The van der Waals surface area contributed by atoms with Gasteiger partial charge in [0.1, 0.15) is 11.9 Å². The summed E-state index contributed by atoms with van der Waals surface area (Å²) in [4.78, 5) is 25.7. The van der Waals surface area contributed by atoms with Crippen LogP contribution >= 0.6 is 23.2 Å². The number of rotatable bonds is 4. The highest BCUT2D eigenvalue weighted by molar-refractivity contribution is 6.31. The molecule has 1 fully saturated rings. The number of halogens is 3. The lowest BCUT2D eigenvalue weighted by Crippen LogP contribution is -2.39. The van der Waals surface area contributed by atoms with Gasteiger partial charge in [-0.3, -0.25) is 4.79 Å². The molecule has 0 spiro atoms. The predicted octanol–water partition coefficient (Wildman–Crippen LogP) is 3.39. The predicted molar refractivity (Wildman–Crippen MR) is 100 cm³/mol. The Kier molecular flexibility index (Phi) is 4.48. The topological polar surface area (TPSA) is 75.4 Å². The first-order chi connectivity index (χ1) is 12.9. The van der Waals surface area contributed by atoms with Crippen molar-refractivity contribution in [2.45, 2.75) is 24.4 Å². The first kappa shape index (κ1) is 18.1. The van der Waals surface area contributed by atoms with Crippen molar-refractivity contribution in [1.29, 1.82) is 0 Å². The number of fused-ring (bicyclic) bond motifs is 1. The molecule has 2 aromatic rings. The monoisotopic (exact) mass is 407 g/mol. The van der Waals surface area contributed by atoms with Crippen LogP contribution in [0, 0.1) is 5.82 Å². The Balaban J connectivity index is 1.76. The largest absolute Gasteiger partial charge is 0.368 e. The molecule has 1 aliphatic heterocycles. The van der Waals surface area contributed by atoms with E-state index >= 15 is 0 Å². The number of urea groups is 1. The maximum absolute atomic E-state index is 13.7. The molecule has 2 aromatic carbocycles. The fraction of sp³-hybridized carbons (Fsp3) is 0.263. The molecule has 1 aliphatic carbocycles. The zero-order valence-corrected chi connectivity index (χ0v) is 15.6. The lowest BCUT2D eigenvalue weighted by molar-refractivity contribution is -0.119. The van der Waals surface area contributed by atoms with Crippen molar-refractivity contribution in [3.8, 4) is 0 Å². The molecule has 5 nitrogen and oxygen atoms in total. The number of hydrogen-bond donors (Lipinski definition) is 2. The summed E-state index contributed by atoms with van der Waals surface area (Å²) >= 11 is 12.2. The SMILES string of the molecule is NC(=O)C1CN([C@@H](c2ccc(F)c(Cl)c2)[C@H]2Cc3c(Cl)cccc32)C(=O)N1. The number of benzene rings is 2. The van der Waals surface area contributed by atoms with E-state index in [9.17, 15) is 14.0 Å². The molecular weight excluding hydrogens is 392 g/mol. The standard InChI is InChI=1S/C19H16Cl2FN3O2/c20-13-3-1-2-10-11(13)7-12(10)17(9-4-5-15(22)14(21)6-9)25-8-16(18(23)26)24-19(25)27/h1-6,12,16-17H,7-8H2,(H2,23,26)(H,24,27)/t12-,16?,17-/m0/s1. The second-order valence-electron chi connectivity index (χ2n) is 6.79. The molecule has 0 radical (unpaired) electrons. The summed E-state index contributed by atoms with van der Waals surface area (Å²) in [5.74, 6) is -1.17. The third kappa shape index (κ3) is 3.03. The number of carbonyl (C=O) groups excluding carboxylic acids is 2. The van der Waals surface area contributed by atoms with E-state index in [1.165, 1.54) is 12.1 Å². The Morgan fingerprint density at radius 1 is 1.26 bits per heavy atom. The van der Waals surface area contributed by atoms with Gasteiger partial charge >= 0.3 is 6.03 Å². The van der Waals surface area contributed by atoms with Crippen molar-refractivity contribution in [3.63, 3.8) is 0 Å². The second kappa shape index (κ2) is 6.69. The number of nitrogens with one attached hydrogen (secondary N) is 1. The quantitative estimate of drug-likeness (QED) is 0.814. The van der Waals surface area contributed by atoms with Gasteiger partial charge in [0.05, 0.1) is 17.6 Å². The summed E-state index contributed by atoms with van der Waals surface area (Å²) in [6, 6.07) is 8.49. The molecule has 3 atom stereocenters. The minimum absolute atomic E-state index is 0.0193. The number of carbonyl (C=O) groups is 2. The minimum Gasteiger partial charge on any atom is -0.368 e. The Morgan fingerprint density at radius 3 is 2.70 bits per heavy atom. The van der Waals surface area contributed by atoms with Crippen molar-refractivity contribution < 1.29 is 14.0 Å². The van der Waals surface area contributed by atoms with Crippen molar-refractivity contribution in [1.82, 2.24) is 10.2 Å². The van der Waals surface area contributed by atoms with Crippen LogP contribution in [0.2, 0.25) is 10.0 Å². The van der Waals surface area contributed by atoms with Crippen LogP contribution in [0.4, 0.5) is 9.18 Å². The number of nitrogens with two attached hydrogens (primary N) is 1. The molecule has 1 unspecified atom stereocenters. The van der Waals surface area contributed by atoms with Gasteiger partial charge in [0.2, 0.25) is 5.91 Å². The molecule has 3 amide bonds. The number of primary amides is 1. The molecule has 0 bridgehead atoms. The summed E-state index contributed by atoms with van der Waals surface area (Å²) in [5, 5.41) is 3.26. The fourth-order valence-corrected chi connectivity index (χ4v) is 4.35. The lowest BCUT2D eigenvalue weighted by Gasteiger charge is -2.41. The molecule has 0 aromatic heterocycles. The van der Waals surface area contributed by atoms with E-state index in [0.717, 1.165) is 11.1 Å². The van der Waals surface area contributed by atoms with Gasteiger partial charge in [0.15, 0.2) is 0 Å². The fourth-order valence-electron chi connectivity index (χ4n) is 3.90. The lowest BCUT2D eigenvalue weighted by atomic mass is 9.71. The molecular formula is C19H16Cl2FN3O2. The van der Waals surface area contributed by atoms with Gasteiger partial charge in [-0.15, -0.1) is 0 Å². The van der Waals surface area contributed by atoms with Gasteiger partial charge in [0, 0.05) is 10.9 Å². The average molecular weight is 408 g/mol. The Bertz CT molecular complexity index is 953. The Labute approximate surface area is 165 Å². The van der Waals surface area contributed by atoms with Crippen LogP contribution in [-0.4, -0.2) is 29.4 Å². The van der Waals surface area contributed by atoms with Gasteiger partial charge in [-0.05, 0) is 41.3 Å². The summed E-state index contributed by atoms with van der Waals surface area (Å²) in [7, 11) is 0. The van der Waals surface area contributed by atoms with Crippen LogP contribution in [0.25, 0.3) is 0 Å². The highest BCUT2D eigenvalue weighted by Gasteiger charge is 2.44. The molecule has 1 heterocycles. The van der Waals surface area contributed by atoms with Gasteiger partial charge in [-0.1, -0.05) is 41.4 Å². The smallest absolute Gasteiger partial charge is 0.318 e. The molecule has 140 valence electrons. The number of nitrogens with zero attached hydrogens (tertiary/aromatic N) is 1. The molecule has 1 saturated heterocycles. The molecule has 0 saturated carbocycles. The van der Waals surface area contributed by atoms with Crippen LogP contribution < -0.4 is 11.1 Å². The average Bonchev–Trinajstić information content (AvgIpc) is 2.98. The number of amides is 3. The maximum atomic E-state index is 13.7. The van der Waals surface area contributed by atoms with Crippen LogP contribution in [0.5, 0.6) is 0 Å². The van der Waals surface area contributed by atoms with E-state index in [2.05, 4.69) is 5.32 Å². The summed E-state index contributed by atoms with van der Waals surface area (Å²) in [5.41, 5.74) is 8.11. The van der Waals surface area contributed by atoms with Gasteiger partial charge in [-0.25, -0.2) is 9.18 Å². The van der Waals surface area contributed by atoms with Crippen molar-refractivity contribution in [2.24, 2.45) is 5.73 Å². The zero-order valence-electron chi connectivity index (χ0n) is 14.1. The van der Waals surface area contributed by atoms with Crippen LogP contribution in [-0.2, 0) is 11.2 Å². The first-order valence-electron chi connectivity index (χ1n) is 8.45. The van der Waals surface area contributed by atoms with Crippen molar-refractivity contribution in [3.05, 3.63) is 69.0 Å². The van der Waals surface area contributed by atoms with Crippen LogP contribution in [0.3, 0.4) is 0 Å². The van der Waals surface area contributed by atoms with Gasteiger partial charge < -0.3 is 16.0 Å². The molecule has 27 heavy (non-hydrogen) atoms. The van der Waals surface area contributed by atoms with Crippen molar-refractivity contribution >= 4 is 35.1 Å². The van der Waals surface area contributed by atoms with E-state index < -0.39 is 23.8 Å².